The maximum atomic E-state index is 14.4. The lowest BCUT2D eigenvalue weighted by Gasteiger charge is -2.42. The van der Waals surface area contributed by atoms with E-state index in [2.05, 4.69) is 10.4 Å². The van der Waals surface area contributed by atoms with Crippen LogP contribution in [-0.4, -0.2) is 31.8 Å². The summed E-state index contributed by atoms with van der Waals surface area (Å²) in [6.45, 7) is 0.00726. The van der Waals surface area contributed by atoms with Crippen molar-refractivity contribution in [3.8, 4) is 0 Å². The van der Waals surface area contributed by atoms with E-state index in [0.29, 0.717) is 25.7 Å². The van der Waals surface area contributed by atoms with Crippen LogP contribution in [0.15, 0.2) is 23.4 Å². The second-order valence-corrected chi connectivity index (χ2v) is 12.0. The number of carbonyl (C=O) groups excluding carboxylic acids is 1. The second kappa shape index (κ2) is 7.15. The van der Waals surface area contributed by atoms with Gasteiger partial charge in [0.15, 0.2) is 6.20 Å². The number of nitrogens with one attached hydrogen (secondary N) is 2. The average molecular weight is 502 g/mol. The van der Waals surface area contributed by atoms with Crippen molar-refractivity contribution >= 4 is 21.3 Å². The molecule has 4 fully saturated rings. The molecule has 4 saturated carbocycles. The Bertz CT molecular complexity index is 1290. The van der Waals surface area contributed by atoms with Crippen molar-refractivity contribution in [1.29, 1.82) is 4.78 Å². The van der Waals surface area contributed by atoms with Crippen molar-refractivity contribution in [2.24, 2.45) is 5.41 Å². The fraction of sp³-hybridized carbons (Fsp3) is 0.571. The fourth-order valence-electron chi connectivity index (χ4n) is 5.41. The van der Waals surface area contributed by atoms with Crippen LogP contribution < -0.4 is 10.0 Å². The van der Waals surface area contributed by atoms with E-state index in [4.69, 9.17) is 4.78 Å². The highest BCUT2D eigenvalue weighted by Gasteiger charge is 2.62. The number of alkyl halides is 4. The van der Waals surface area contributed by atoms with E-state index in [1.807, 2.05) is 0 Å². The van der Waals surface area contributed by atoms with E-state index in [9.17, 15) is 31.8 Å². The minimum absolute atomic E-state index is 0.00726. The maximum Gasteiger partial charge on any atom is 0.420 e. The zero-order valence-electron chi connectivity index (χ0n) is 18.2. The second-order valence-electron chi connectivity index (χ2n) is 9.92. The molecule has 0 radical (unpaired) electrons. The lowest BCUT2D eigenvalue weighted by atomic mass is 9.68. The Labute approximate surface area is 192 Å². The number of hydrogen-bond donors (Lipinski definition) is 2. The van der Waals surface area contributed by atoms with Gasteiger partial charge >= 0.3 is 6.18 Å². The van der Waals surface area contributed by atoms with Gasteiger partial charge in [-0.1, -0.05) is 0 Å². The van der Waals surface area contributed by atoms with Gasteiger partial charge in [-0.05, 0) is 43.9 Å². The number of carbonyl (C=O) groups is 1. The van der Waals surface area contributed by atoms with Crippen molar-refractivity contribution in [2.45, 2.75) is 67.9 Å². The summed E-state index contributed by atoms with van der Waals surface area (Å²) >= 11 is 0. The van der Waals surface area contributed by atoms with Gasteiger partial charge in [0.05, 0.1) is 11.4 Å². The molecule has 0 aliphatic heterocycles. The van der Waals surface area contributed by atoms with Crippen molar-refractivity contribution in [3.05, 3.63) is 40.5 Å². The maximum absolute atomic E-state index is 14.4. The van der Waals surface area contributed by atoms with E-state index in [1.54, 1.807) is 0 Å². The summed E-state index contributed by atoms with van der Waals surface area (Å²) in [6, 6.07) is 2.16. The molecule has 0 spiro atoms. The molecule has 1 amide bonds. The summed E-state index contributed by atoms with van der Waals surface area (Å²) in [4.78, 5) is 13.2. The summed E-state index contributed by atoms with van der Waals surface area (Å²) in [6.07, 6.45) is -0.467. The molecule has 2 bridgehead atoms. The van der Waals surface area contributed by atoms with Crippen molar-refractivity contribution in [1.82, 2.24) is 9.78 Å². The first-order valence-corrected chi connectivity index (χ1v) is 12.8. The van der Waals surface area contributed by atoms with Crippen LogP contribution in [0.3, 0.4) is 0 Å². The van der Waals surface area contributed by atoms with Gasteiger partial charge in [0.1, 0.15) is 26.7 Å². The van der Waals surface area contributed by atoms with Crippen LogP contribution >= 0.6 is 0 Å². The Morgan fingerprint density at radius 3 is 2.59 bits per heavy atom. The number of hydrogen-bond acceptors (Lipinski definition) is 5. The lowest BCUT2D eigenvalue weighted by Crippen LogP contribution is -2.43. The zero-order valence-corrected chi connectivity index (χ0v) is 19.1. The summed E-state index contributed by atoms with van der Waals surface area (Å²) in [5.41, 5.74) is -3.80. The first kappa shape index (κ1) is 23.1. The third kappa shape index (κ3) is 3.93. The number of amides is 1. The SMILES string of the molecule is CS(=N)(=O)c1cc(NC(=O)c2c(C(F)(F)F)c(C3CC3)nn2CC23CCC(F)(C2)C3)cc[n+]1[O-]. The first-order valence-electron chi connectivity index (χ1n) is 10.9. The predicted octanol–water partition coefficient (Wildman–Crippen LogP) is 3.98. The molecule has 2 N–H and O–H groups in total. The highest BCUT2D eigenvalue weighted by Crippen LogP contribution is 2.64. The Kier molecular flexibility index (Phi) is 4.85. The molecule has 1 atom stereocenters. The number of aromatic nitrogens is 3. The molecule has 0 aromatic carbocycles. The van der Waals surface area contributed by atoms with E-state index < -0.39 is 49.2 Å². The first-order chi connectivity index (χ1) is 15.7. The molecule has 1 unspecified atom stereocenters. The van der Waals surface area contributed by atoms with Gasteiger partial charge in [0, 0.05) is 30.9 Å². The Hall–Kier alpha value is -2.70. The number of rotatable bonds is 6. The number of pyridine rings is 1. The number of nitrogens with zero attached hydrogens (tertiary/aromatic N) is 3. The number of anilines is 1. The van der Waals surface area contributed by atoms with Crippen LogP contribution in [0.1, 0.15) is 66.2 Å². The van der Waals surface area contributed by atoms with E-state index in [1.165, 1.54) is 0 Å². The molecule has 4 aliphatic carbocycles. The van der Waals surface area contributed by atoms with Crippen LogP contribution in [0.4, 0.5) is 23.2 Å². The molecule has 2 aromatic heterocycles. The van der Waals surface area contributed by atoms with Gasteiger partial charge in [-0.3, -0.25) is 9.48 Å². The largest absolute Gasteiger partial charge is 0.618 e. The molecule has 184 valence electrons. The molecule has 6 rings (SSSR count). The van der Waals surface area contributed by atoms with E-state index in [0.717, 1.165) is 29.3 Å². The summed E-state index contributed by atoms with van der Waals surface area (Å²) < 4.78 is 77.8. The topological polar surface area (TPSA) is 115 Å². The monoisotopic (exact) mass is 501 g/mol. The highest BCUT2D eigenvalue weighted by molar-refractivity contribution is 7.91. The average Bonchev–Trinajstić information content (AvgIpc) is 3.28. The molecule has 4 aliphatic rings. The molecular weight excluding hydrogens is 478 g/mol. The smallest absolute Gasteiger partial charge is 0.420 e. The van der Waals surface area contributed by atoms with Gasteiger partial charge in [0.2, 0.25) is 0 Å². The van der Waals surface area contributed by atoms with Crippen LogP contribution in [-0.2, 0) is 22.5 Å². The third-order valence-corrected chi connectivity index (χ3v) is 8.05. The minimum Gasteiger partial charge on any atom is -0.618 e. The van der Waals surface area contributed by atoms with Gasteiger partial charge in [-0.15, -0.1) is 0 Å². The van der Waals surface area contributed by atoms with E-state index in [-0.39, 0.29) is 41.4 Å². The number of fused-ring (bicyclic) bond motifs is 1. The lowest BCUT2D eigenvalue weighted by molar-refractivity contribution is -0.646. The Morgan fingerprint density at radius 1 is 1.38 bits per heavy atom. The van der Waals surface area contributed by atoms with Gasteiger partial charge in [0.25, 0.3) is 10.9 Å². The normalized spacial score (nSPS) is 27.8. The minimum atomic E-state index is -4.83. The van der Waals surface area contributed by atoms with Crippen molar-refractivity contribution in [2.75, 3.05) is 11.6 Å². The highest BCUT2D eigenvalue weighted by atomic mass is 32.2. The third-order valence-electron chi connectivity index (χ3n) is 6.96. The van der Waals surface area contributed by atoms with Crippen molar-refractivity contribution in [3.63, 3.8) is 0 Å². The van der Waals surface area contributed by atoms with Crippen LogP contribution in [0.2, 0.25) is 0 Å². The summed E-state index contributed by atoms with van der Waals surface area (Å²) in [7, 11) is -3.45. The van der Waals surface area contributed by atoms with Crippen molar-refractivity contribution < 1.29 is 31.3 Å². The fourth-order valence-corrected chi connectivity index (χ4v) is 6.17. The number of halogens is 4. The zero-order chi connectivity index (χ0) is 24.7. The van der Waals surface area contributed by atoms with Gasteiger partial charge in [-0.25, -0.2) is 13.4 Å². The molecule has 34 heavy (non-hydrogen) atoms. The molecular formula is C21H23F4N5O3S. The van der Waals surface area contributed by atoms with Gasteiger partial charge in [-0.2, -0.15) is 23.0 Å². The quantitative estimate of drug-likeness (QED) is 0.354. The van der Waals surface area contributed by atoms with Crippen LogP contribution in [0, 0.1) is 15.4 Å². The molecule has 8 nitrogen and oxygen atoms in total. The summed E-state index contributed by atoms with van der Waals surface area (Å²) in [5, 5.41) is 18.0. The molecule has 0 saturated heterocycles. The van der Waals surface area contributed by atoms with Gasteiger partial charge < -0.3 is 10.5 Å². The molecule has 2 heterocycles. The summed E-state index contributed by atoms with van der Waals surface area (Å²) in [5.74, 6) is -1.47. The van der Waals surface area contributed by atoms with Crippen LogP contribution in [0.25, 0.3) is 0 Å². The molecule has 2 aromatic rings. The standard InChI is InChI=1S/C21H23F4N5O3S/c1-34(26,33)14-8-13(4-7-30(14)32)27-18(31)17-15(21(23,24)25)16(12-2-3-12)28-29(17)11-19-5-6-20(22,9-19)10-19/h4,7-8,12,26H,2-3,5-6,9-11H2,1H3,(H,27,31). The molecule has 13 heteroatoms. The Balaban J connectivity index is 1.55. The predicted molar refractivity (Wildman–Crippen MR) is 112 cm³/mol. The van der Waals surface area contributed by atoms with Crippen LogP contribution in [0.5, 0.6) is 0 Å². The Morgan fingerprint density at radius 2 is 2.06 bits per heavy atom. The van der Waals surface area contributed by atoms with E-state index >= 15 is 0 Å².